The first-order chi connectivity index (χ1) is 10.6. The van der Waals surface area contributed by atoms with E-state index in [2.05, 4.69) is 10.1 Å². The fourth-order valence-electron chi connectivity index (χ4n) is 3.30. The summed E-state index contributed by atoms with van der Waals surface area (Å²) in [6.45, 7) is 3.52. The van der Waals surface area contributed by atoms with E-state index in [-0.39, 0.29) is 6.04 Å². The second-order valence-electron chi connectivity index (χ2n) is 5.98. The van der Waals surface area contributed by atoms with Crippen molar-refractivity contribution in [2.45, 2.75) is 38.0 Å². The standard InChI is InChI=1S/C17H22N2O3/c1-17(20,13-5-7-14(21-2)8-6-13)16-4-3-11-19(16)12-15-9-10-18-22-15/h5-10,16,20H,3-4,11-12H2,1-2H3. The molecule has 1 aliphatic heterocycles. The largest absolute Gasteiger partial charge is 0.497 e. The van der Waals surface area contributed by atoms with Crippen molar-refractivity contribution < 1.29 is 14.4 Å². The average Bonchev–Trinajstić information content (AvgIpc) is 3.20. The van der Waals surface area contributed by atoms with E-state index in [1.807, 2.05) is 37.3 Å². The molecule has 2 heterocycles. The molecular weight excluding hydrogens is 280 g/mol. The van der Waals surface area contributed by atoms with Crippen LogP contribution in [0.5, 0.6) is 5.75 Å². The van der Waals surface area contributed by atoms with E-state index in [0.29, 0.717) is 6.54 Å². The number of nitrogens with zero attached hydrogens (tertiary/aromatic N) is 2. The molecule has 118 valence electrons. The molecule has 0 radical (unpaired) electrons. The molecule has 0 spiro atoms. The van der Waals surface area contributed by atoms with Gasteiger partial charge >= 0.3 is 0 Å². The highest BCUT2D eigenvalue weighted by Crippen LogP contribution is 2.36. The van der Waals surface area contributed by atoms with E-state index in [4.69, 9.17) is 9.26 Å². The lowest BCUT2D eigenvalue weighted by atomic mass is 9.86. The maximum Gasteiger partial charge on any atom is 0.150 e. The van der Waals surface area contributed by atoms with E-state index in [1.54, 1.807) is 13.3 Å². The van der Waals surface area contributed by atoms with Crippen molar-refractivity contribution in [2.24, 2.45) is 0 Å². The van der Waals surface area contributed by atoms with Crippen LogP contribution in [0.15, 0.2) is 41.1 Å². The van der Waals surface area contributed by atoms with Gasteiger partial charge in [-0.2, -0.15) is 0 Å². The summed E-state index contributed by atoms with van der Waals surface area (Å²) < 4.78 is 10.4. The molecule has 2 atom stereocenters. The Labute approximate surface area is 130 Å². The number of aromatic nitrogens is 1. The van der Waals surface area contributed by atoms with Crippen LogP contribution >= 0.6 is 0 Å². The lowest BCUT2D eigenvalue weighted by Gasteiger charge is -2.36. The molecule has 0 aliphatic carbocycles. The number of methoxy groups -OCH3 is 1. The first-order valence-electron chi connectivity index (χ1n) is 7.62. The van der Waals surface area contributed by atoms with Crippen molar-refractivity contribution in [2.75, 3.05) is 13.7 Å². The Morgan fingerprint density at radius 1 is 1.36 bits per heavy atom. The van der Waals surface area contributed by atoms with Gasteiger partial charge in [0.1, 0.15) is 11.4 Å². The summed E-state index contributed by atoms with van der Waals surface area (Å²) in [5.41, 5.74) is -0.00855. The summed E-state index contributed by atoms with van der Waals surface area (Å²) in [6, 6.07) is 9.58. The van der Waals surface area contributed by atoms with Crippen LogP contribution in [0.25, 0.3) is 0 Å². The normalized spacial score (nSPS) is 21.7. The summed E-state index contributed by atoms with van der Waals surface area (Å²) in [4.78, 5) is 2.27. The third kappa shape index (κ3) is 2.87. The van der Waals surface area contributed by atoms with Crippen molar-refractivity contribution in [3.8, 4) is 5.75 Å². The maximum atomic E-state index is 11.1. The minimum Gasteiger partial charge on any atom is -0.497 e. The van der Waals surface area contributed by atoms with E-state index in [9.17, 15) is 5.11 Å². The van der Waals surface area contributed by atoms with Crippen LogP contribution in [0.3, 0.4) is 0 Å². The summed E-state index contributed by atoms with van der Waals surface area (Å²) in [6.07, 6.45) is 3.69. The van der Waals surface area contributed by atoms with E-state index in [0.717, 1.165) is 36.5 Å². The molecule has 1 fully saturated rings. The number of aliphatic hydroxyl groups is 1. The van der Waals surface area contributed by atoms with Crippen LogP contribution in [0.2, 0.25) is 0 Å². The number of ether oxygens (including phenoxy) is 1. The second kappa shape index (κ2) is 6.10. The van der Waals surface area contributed by atoms with Gasteiger partial charge in [0.2, 0.25) is 0 Å². The topological polar surface area (TPSA) is 58.7 Å². The zero-order valence-electron chi connectivity index (χ0n) is 13.0. The van der Waals surface area contributed by atoms with Crippen LogP contribution in [-0.2, 0) is 12.1 Å². The van der Waals surface area contributed by atoms with Gasteiger partial charge in [0.15, 0.2) is 5.76 Å². The van der Waals surface area contributed by atoms with Gasteiger partial charge in [0, 0.05) is 12.1 Å². The van der Waals surface area contributed by atoms with E-state index < -0.39 is 5.60 Å². The van der Waals surface area contributed by atoms with Gasteiger partial charge in [-0.1, -0.05) is 17.3 Å². The van der Waals surface area contributed by atoms with Gasteiger partial charge in [-0.25, -0.2) is 0 Å². The highest BCUT2D eigenvalue weighted by molar-refractivity contribution is 5.31. The van der Waals surface area contributed by atoms with E-state index >= 15 is 0 Å². The van der Waals surface area contributed by atoms with Gasteiger partial charge in [-0.05, 0) is 44.0 Å². The lowest BCUT2D eigenvalue weighted by Crippen LogP contribution is -2.45. The van der Waals surface area contributed by atoms with Crippen LogP contribution in [0.1, 0.15) is 31.1 Å². The van der Waals surface area contributed by atoms with Gasteiger partial charge in [0.05, 0.1) is 19.9 Å². The number of benzene rings is 1. The molecule has 1 N–H and O–H groups in total. The molecule has 5 nitrogen and oxygen atoms in total. The summed E-state index contributed by atoms with van der Waals surface area (Å²) in [5, 5.41) is 14.9. The van der Waals surface area contributed by atoms with Crippen LogP contribution in [0.4, 0.5) is 0 Å². The first-order valence-corrected chi connectivity index (χ1v) is 7.62. The number of hydrogen-bond donors (Lipinski definition) is 1. The molecule has 1 aromatic carbocycles. The molecule has 22 heavy (non-hydrogen) atoms. The Hall–Kier alpha value is -1.85. The SMILES string of the molecule is COc1ccc(C(C)(O)C2CCCN2Cc2ccno2)cc1. The maximum absolute atomic E-state index is 11.1. The fraction of sp³-hybridized carbons (Fsp3) is 0.471. The highest BCUT2D eigenvalue weighted by Gasteiger charge is 2.40. The minimum atomic E-state index is -0.914. The Bertz CT molecular complexity index is 593. The Balaban J connectivity index is 1.79. The monoisotopic (exact) mass is 302 g/mol. The van der Waals surface area contributed by atoms with Crippen LogP contribution in [0, 0.1) is 0 Å². The summed E-state index contributed by atoms with van der Waals surface area (Å²) in [7, 11) is 1.64. The molecule has 2 unspecified atom stereocenters. The number of hydrogen-bond acceptors (Lipinski definition) is 5. The molecule has 5 heteroatoms. The molecule has 0 bridgehead atoms. The predicted octanol–water partition coefficient (Wildman–Crippen LogP) is 2.56. The van der Waals surface area contributed by atoms with Crippen molar-refractivity contribution in [3.63, 3.8) is 0 Å². The second-order valence-corrected chi connectivity index (χ2v) is 5.98. The van der Waals surface area contributed by atoms with Crippen LogP contribution in [-0.4, -0.2) is 34.9 Å². The molecule has 0 saturated carbocycles. The van der Waals surface area contributed by atoms with Gasteiger partial charge in [0.25, 0.3) is 0 Å². The van der Waals surface area contributed by atoms with Crippen LogP contribution < -0.4 is 4.74 Å². The Morgan fingerprint density at radius 2 is 2.14 bits per heavy atom. The molecule has 3 rings (SSSR count). The molecule has 0 amide bonds. The molecule has 1 aromatic heterocycles. The average molecular weight is 302 g/mol. The molecule has 1 aliphatic rings. The van der Waals surface area contributed by atoms with E-state index in [1.165, 1.54) is 0 Å². The predicted molar refractivity (Wildman–Crippen MR) is 82.5 cm³/mol. The van der Waals surface area contributed by atoms with Gasteiger partial charge < -0.3 is 14.4 Å². The zero-order chi connectivity index (χ0) is 15.6. The van der Waals surface area contributed by atoms with Crippen molar-refractivity contribution in [1.29, 1.82) is 0 Å². The Kier molecular flexibility index (Phi) is 4.18. The lowest BCUT2D eigenvalue weighted by molar-refractivity contribution is -0.0274. The minimum absolute atomic E-state index is 0.0611. The Morgan fingerprint density at radius 3 is 2.77 bits per heavy atom. The van der Waals surface area contributed by atoms with Crippen molar-refractivity contribution in [1.82, 2.24) is 10.1 Å². The fourth-order valence-corrected chi connectivity index (χ4v) is 3.30. The third-order valence-corrected chi connectivity index (χ3v) is 4.54. The smallest absolute Gasteiger partial charge is 0.150 e. The zero-order valence-corrected chi connectivity index (χ0v) is 13.0. The van der Waals surface area contributed by atoms with Gasteiger partial charge in [-0.15, -0.1) is 0 Å². The molecule has 1 saturated heterocycles. The number of likely N-dealkylation sites (tertiary alicyclic amines) is 1. The van der Waals surface area contributed by atoms with Crippen molar-refractivity contribution >= 4 is 0 Å². The third-order valence-electron chi connectivity index (χ3n) is 4.54. The summed E-state index contributed by atoms with van der Waals surface area (Å²) >= 11 is 0. The van der Waals surface area contributed by atoms with Gasteiger partial charge in [-0.3, -0.25) is 4.90 Å². The quantitative estimate of drug-likeness (QED) is 0.920. The number of rotatable bonds is 5. The highest BCUT2D eigenvalue weighted by atomic mass is 16.5. The molecule has 2 aromatic rings. The first kappa shape index (κ1) is 15.1. The molecular formula is C17H22N2O3. The summed E-state index contributed by atoms with van der Waals surface area (Å²) in [5.74, 6) is 1.63. The van der Waals surface area contributed by atoms with Crippen molar-refractivity contribution in [3.05, 3.63) is 47.9 Å².